The molecule has 0 atom stereocenters. The van der Waals surface area contributed by atoms with Crippen molar-refractivity contribution in [2.24, 2.45) is 5.10 Å². The summed E-state index contributed by atoms with van der Waals surface area (Å²) in [7, 11) is 1.58. The Kier molecular flexibility index (Phi) is 9.36. The summed E-state index contributed by atoms with van der Waals surface area (Å²) in [5.74, 6) is 0.607. The molecule has 192 valence electrons. The van der Waals surface area contributed by atoms with Crippen LogP contribution < -0.4 is 20.8 Å². The zero-order valence-corrected chi connectivity index (χ0v) is 21.3. The van der Waals surface area contributed by atoms with Crippen LogP contribution >= 0.6 is 11.6 Å². The van der Waals surface area contributed by atoms with Crippen molar-refractivity contribution < 1.29 is 9.53 Å². The summed E-state index contributed by atoms with van der Waals surface area (Å²) in [5.41, 5.74) is 5.84. The molecule has 0 saturated carbocycles. The van der Waals surface area contributed by atoms with E-state index in [4.69, 9.17) is 16.3 Å². The molecule has 0 aliphatic carbocycles. The van der Waals surface area contributed by atoms with Crippen LogP contribution in [0.3, 0.4) is 0 Å². The van der Waals surface area contributed by atoms with Crippen LogP contribution in [0.25, 0.3) is 21.9 Å². The second kappa shape index (κ2) is 13.3. The number of rotatable bonds is 13. The first-order chi connectivity index (χ1) is 18.1. The smallest absolute Gasteiger partial charge is 0.264 e. The van der Waals surface area contributed by atoms with Crippen LogP contribution in [0.4, 0.5) is 11.6 Å². The number of aromatic nitrogens is 4. The maximum absolute atomic E-state index is 11.9. The molecule has 4 rings (SSSR count). The van der Waals surface area contributed by atoms with Gasteiger partial charge in [-0.3, -0.25) is 9.78 Å². The van der Waals surface area contributed by atoms with Gasteiger partial charge < -0.3 is 15.4 Å². The number of unbranched alkanes of at least 4 members (excludes halogenated alkanes) is 4. The van der Waals surface area contributed by atoms with Crippen LogP contribution in [-0.2, 0) is 4.79 Å². The number of hydrazone groups is 1. The van der Waals surface area contributed by atoms with Gasteiger partial charge in [0.05, 0.1) is 18.1 Å². The highest BCUT2D eigenvalue weighted by Gasteiger charge is 2.04. The van der Waals surface area contributed by atoms with Crippen LogP contribution in [0, 0.1) is 0 Å². The van der Waals surface area contributed by atoms with E-state index in [1.54, 1.807) is 31.5 Å². The Labute approximate surface area is 219 Å². The number of anilines is 2. The molecule has 10 nitrogen and oxygen atoms in total. The molecule has 0 spiro atoms. The number of hydrogen-bond acceptors (Lipinski definition) is 9. The SMILES string of the molecule is COc1ccc2nc(N/N=C/C(=O)NCCCCCCCNc3ccnc4cc(Cl)ccc34)nnc2c1. The van der Waals surface area contributed by atoms with E-state index in [1.165, 1.54) is 6.21 Å². The van der Waals surface area contributed by atoms with Crippen LogP contribution in [0.1, 0.15) is 32.1 Å². The number of carbonyl (C=O) groups excluding carboxylic acids is 1. The molecule has 11 heteroatoms. The van der Waals surface area contributed by atoms with Crippen molar-refractivity contribution in [2.75, 3.05) is 30.9 Å². The number of nitrogens with one attached hydrogen (secondary N) is 3. The number of methoxy groups -OCH3 is 1. The Morgan fingerprint density at radius 3 is 2.68 bits per heavy atom. The summed E-state index contributed by atoms with van der Waals surface area (Å²) in [6.07, 6.45) is 8.23. The lowest BCUT2D eigenvalue weighted by Gasteiger charge is -2.09. The lowest BCUT2D eigenvalue weighted by atomic mass is 10.1. The number of fused-ring (bicyclic) bond motifs is 2. The van der Waals surface area contributed by atoms with Crippen LogP contribution in [0.2, 0.25) is 5.02 Å². The van der Waals surface area contributed by atoms with Gasteiger partial charge in [0.2, 0.25) is 0 Å². The molecule has 3 N–H and O–H groups in total. The van der Waals surface area contributed by atoms with Gasteiger partial charge in [0.1, 0.15) is 17.5 Å². The number of halogens is 1. The molecule has 4 aromatic rings. The molecule has 0 aliphatic heterocycles. The molecule has 0 aliphatic rings. The standard InChI is InChI=1S/C26H29ClN8O2/c1-37-19-8-10-22-24(16-19)33-35-26(32-22)34-31-17-25(36)30-13-6-4-2-3-5-12-28-21-11-14-29-23-15-18(27)7-9-20(21)23/h7-11,14-17H,2-6,12-13H2,1H3,(H,28,29)(H,30,36)(H,32,34,35)/b31-17+. The topological polar surface area (TPSA) is 126 Å². The summed E-state index contributed by atoms with van der Waals surface area (Å²) in [4.78, 5) is 20.6. The molecule has 2 aromatic heterocycles. The molecule has 2 aromatic carbocycles. The molecule has 0 radical (unpaired) electrons. The van der Waals surface area contributed by atoms with Crippen LogP contribution in [-0.4, -0.2) is 52.5 Å². The average molecular weight is 521 g/mol. The first kappa shape index (κ1) is 26.0. The molecule has 1 amide bonds. The van der Waals surface area contributed by atoms with Gasteiger partial charge in [0.25, 0.3) is 11.9 Å². The van der Waals surface area contributed by atoms with E-state index in [-0.39, 0.29) is 11.9 Å². The number of ether oxygens (including phenoxy) is 1. The Morgan fingerprint density at radius 1 is 0.973 bits per heavy atom. The zero-order chi connectivity index (χ0) is 25.9. The van der Waals surface area contributed by atoms with Gasteiger partial charge in [-0.15, -0.1) is 10.2 Å². The monoisotopic (exact) mass is 520 g/mol. The van der Waals surface area contributed by atoms with E-state index in [1.807, 2.05) is 24.3 Å². The van der Waals surface area contributed by atoms with Crippen molar-refractivity contribution in [1.82, 2.24) is 25.5 Å². The van der Waals surface area contributed by atoms with E-state index in [9.17, 15) is 4.79 Å². The Balaban J connectivity index is 1.06. The van der Waals surface area contributed by atoms with E-state index in [0.717, 1.165) is 55.2 Å². The van der Waals surface area contributed by atoms with Crippen molar-refractivity contribution in [3.63, 3.8) is 0 Å². The van der Waals surface area contributed by atoms with Gasteiger partial charge >= 0.3 is 0 Å². The summed E-state index contributed by atoms with van der Waals surface area (Å²) in [5, 5.41) is 20.0. The number of pyridine rings is 1. The molecule has 37 heavy (non-hydrogen) atoms. The van der Waals surface area contributed by atoms with Crippen molar-refractivity contribution in [3.8, 4) is 5.75 Å². The van der Waals surface area contributed by atoms with Gasteiger partial charge in [-0.2, -0.15) is 5.10 Å². The Morgan fingerprint density at radius 2 is 1.81 bits per heavy atom. The van der Waals surface area contributed by atoms with Crippen molar-refractivity contribution in [3.05, 3.63) is 53.7 Å². The van der Waals surface area contributed by atoms with E-state index >= 15 is 0 Å². The lowest BCUT2D eigenvalue weighted by molar-refractivity contribution is -0.114. The normalized spacial score (nSPS) is 11.2. The summed E-state index contributed by atoms with van der Waals surface area (Å²) in [6, 6.07) is 13.0. The molecular weight excluding hydrogens is 492 g/mol. The van der Waals surface area contributed by atoms with Gasteiger partial charge in [0, 0.05) is 41.4 Å². The van der Waals surface area contributed by atoms with E-state index in [0.29, 0.717) is 28.4 Å². The molecule has 0 bridgehead atoms. The average Bonchev–Trinajstić information content (AvgIpc) is 2.91. The van der Waals surface area contributed by atoms with E-state index < -0.39 is 0 Å². The second-order valence-electron chi connectivity index (χ2n) is 8.37. The fraction of sp³-hybridized carbons (Fsp3) is 0.308. The largest absolute Gasteiger partial charge is 0.497 e. The van der Waals surface area contributed by atoms with Gasteiger partial charge in [-0.25, -0.2) is 10.4 Å². The Bertz CT molecular complexity index is 1380. The number of carbonyl (C=O) groups is 1. The third kappa shape index (κ3) is 7.71. The number of benzene rings is 2. The molecule has 0 saturated heterocycles. The molecule has 2 heterocycles. The fourth-order valence-corrected chi connectivity index (χ4v) is 3.94. The second-order valence-corrected chi connectivity index (χ2v) is 8.80. The molecule has 0 unspecified atom stereocenters. The first-order valence-electron chi connectivity index (χ1n) is 12.2. The summed E-state index contributed by atoms with van der Waals surface area (Å²) in [6.45, 7) is 1.50. The minimum absolute atomic E-state index is 0.206. The minimum atomic E-state index is -0.277. The third-order valence-corrected chi connectivity index (χ3v) is 5.92. The zero-order valence-electron chi connectivity index (χ0n) is 20.6. The number of hydrogen-bond donors (Lipinski definition) is 3. The maximum atomic E-state index is 11.9. The van der Waals surface area contributed by atoms with Crippen molar-refractivity contribution in [1.29, 1.82) is 0 Å². The van der Waals surface area contributed by atoms with Crippen molar-refractivity contribution in [2.45, 2.75) is 32.1 Å². The predicted molar refractivity (Wildman–Crippen MR) is 147 cm³/mol. The quantitative estimate of drug-likeness (QED) is 0.130. The van der Waals surface area contributed by atoms with Crippen LogP contribution in [0.15, 0.2) is 53.8 Å². The van der Waals surface area contributed by atoms with Gasteiger partial charge in [-0.1, -0.05) is 30.9 Å². The fourth-order valence-electron chi connectivity index (χ4n) is 3.77. The van der Waals surface area contributed by atoms with Gasteiger partial charge in [-0.05, 0) is 49.2 Å². The summed E-state index contributed by atoms with van der Waals surface area (Å²) < 4.78 is 5.16. The summed E-state index contributed by atoms with van der Waals surface area (Å²) >= 11 is 6.05. The lowest BCUT2D eigenvalue weighted by Crippen LogP contribution is -2.25. The predicted octanol–water partition coefficient (Wildman–Crippen LogP) is 4.81. The van der Waals surface area contributed by atoms with E-state index in [2.05, 4.69) is 41.3 Å². The van der Waals surface area contributed by atoms with Crippen LogP contribution in [0.5, 0.6) is 5.75 Å². The number of nitrogens with zero attached hydrogens (tertiary/aromatic N) is 5. The van der Waals surface area contributed by atoms with Gasteiger partial charge in [0.15, 0.2) is 0 Å². The van der Waals surface area contributed by atoms with Crippen molar-refractivity contribution >= 4 is 57.3 Å². The molecular formula is C26H29ClN8O2. The minimum Gasteiger partial charge on any atom is -0.497 e. The maximum Gasteiger partial charge on any atom is 0.264 e. The Hall–Kier alpha value is -4.05. The third-order valence-electron chi connectivity index (χ3n) is 5.68. The highest BCUT2D eigenvalue weighted by molar-refractivity contribution is 6.31. The highest BCUT2D eigenvalue weighted by Crippen LogP contribution is 2.24. The highest BCUT2D eigenvalue weighted by atomic mass is 35.5. The number of amides is 1. The first-order valence-corrected chi connectivity index (χ1v) is 12.5. The molecule has 0 fully saturated rings.